The number of carbonyl (C=O) groups is 1. The molecule has 0 aromatic heterocycles. The summed E-state index contributed by atoms with van der Waals surface area (Å²) < 4.78 is 5.36. The monoisotopic (exact) mass is 287 g/mol. The van der Waals surface area contributed by atoms with E-state index in [4.69, 9.17) is 4.74 Å². The third kappa shape index (κ3) is 2.54. The number of ether oxygens (including phenoxy) is 1. The molecule has 114 valence electrons. The number of rotatable bonds is 2. The number of benzene rings is 1. The molecule has 3 nitrogen and oxygen atoms in total. The highest BCUT2D eigenvalue weighted by molar-refractivity contribution is 5.97. The molecule has 1 amide bonds. The summed E-state index contributed by atoms with van der Waals surface area (Å²) in [5.74, 6) is 0.798. The van der Waals surface area contributed by atoms with Crippen LogP contribution in [0.1, 0.15) is 50.4 Å². The second-order valence-electron chi connectivity index (χ2n) is 7.85. The minimum Gasteiger partial charge on any atom is -0.496 e. The first-order valence-electron chi connectivity index (χ1n) is 7.78. The molecule has 0 unspecified atom stereocenters. The van der Waals surface area contributed by atoms with E-state index in [2.05, 4.69) is 25.7 Å². The quantitative estimate of drug-likeness (QED) is 0.829. The van der Waals surface area contributed by atoms with Gasteiger partial charge in [0.2, 0.25) is 0 Å². The summed E-state index contributed by atoms with van der Waals surface area (Å²) in [6.45, 7) is 7.86. The maximum absolute atomic E-state index is 13.0. The van der Waals surface area contributed by atoms with Gasteiger partial charge >= 0.3 is 0 Å². The lowest BCUT2D eigenvalue weighted by atomic mass is 9.65. The molecule has 3 heteroatoms. The van der Waals surface area contributed by atoms with Crippen molar-refractivity contribution in [1.82, 2.24) is 4.90 Å². The molecule has 1 heterocycles. The fraction of sp³-hybridized carbons (Fsp3) is 0.611. The zero-order chi connectivity index (χ0) is 15.3. The van der Waals surface area contributed by atoms with Crippen molar-refractivity contribution >= 4 is 5.91 Å². The van der Waals surface area contributed by atoms with E-state index in [0.29, 0.717) is 22.8 Å². The molecule has 1 aliphatic heterocycles. The minimum atomic E-state index is 0.124. The van der Waals surface area contributed by atoms with Crippen LogP contribution < -0.4 is 4.74 Å². The van der Waals surface area contributed by atoms with Gasteiger partial charge < -0.3 is 9.64 Å². The predicted octanol–water partition coefficient (Wildman–Crippen LogP) is 3.74. The first-order valence-corrected chi connectivity index (χ1v) is 7.78. The number of para-hydroxylation sites is 1. The van der Waals surface area contributed by atoms with Gasteiger partial charge in [0, 0.05) is 12.6 Å². The van der Waals surface area contributed by atoms with Crippen LogP contribution in [-0.2, 0) is 0 Å². The minimum absolute atomic E-state index is 0.124. The summed E-state index contributed by atoms with van der Waals surface area (Å²) in [4.78, 5) is 15.1. The van der Waals surface area contributed by atoms with Gasteiger partial charge in [-0.3, -0.25) is 4.79 Å². The largest absolute Gasteiger partial charge is 0.496 e. The third-order valence-corrected chi connectivity index (χ3v) is 5.01. The van der Waals surface area contributed by atoms with Gasteiger partial charge in [0.1, 0.15) is 5.75 Å². The number of amides is 1. The van der Waals surface area contributed by atoms with Gasteiger partial charge in [-0.1, -0.05) is 32.9 Å². The van der Waals surface area contributed by atoms with E-state index >= 15 is 0 Å². The van der Waals surface area contributed by atoms with E-state index < -0.39 is 0 Å². The van der Waals surface area contributed by atoms with Crippen molar-refractivity contribution in [2.24, 2.45) is 10.8 Å². The molecule has 21 heavy (non-hydrogen) atoms. The molecule has 1 aromatic rings. The zero-order valence-electron chi connectivity index (χ0n) is 13.5. The Morgan fingerprint density at radius 3 is 2.67 bits per heavy atom. The highest BCUT2D eigenvalue weighted by Gasteiger charge is 2.51. The Balaban J connectivity index is 1.90. The normalized spacial score (nSPS) is 30.3. The summed E-state index contributed by atoms with van der Waals surface area (Å²) in [7, 11) is 1.62. The number of likely N-dealkylation sites (tertiary alicyclic amines) is 1. The fourth-order valence-corrected chi connectivity index (χ4v) is 4.67. The van der Waals surface area contributed by atoms with E-state index in [9.17, 15) is 4.79 Å². The van der Waals surface area contributed by atoms with Crippen molar-refractivity contribution in [2.75, 3.05) is 13.7 Å². The molecule has 1 saturated heterocycles. The van der Waals surface area contributed by atoms with Gasteiger partial charge in [0.15, 0.2) is 0 Å². The first kappa shape index (κ1) is 14.4. The zero-order valence-corrected chi connectivity index (χ0v) is 13.5. The van der Waals surface area contributed by atoms with Gasteiger partial charge in [-0.2, -0.15) is 0 Å². The molecule has 0 spiro atoms. The maximum atomic E-state index is 13.0. The van der Waals surface area contributed by atoms with Gasteiger partial charge in [-0.05, 0) is 42.2 Å². The van der Waals surface area contributed by atoms with Gasteiger partial charge in [-0.25, -0.2) is 0 Å². The number of hydrogen-bond acceptors (Lipinski definition) is 2. The lowest BCUT2D eigenvalue weighted by Crippen LogP contribution is -2.37. The van der Waals surface area contributed by atoms with Crippen molar-refractivity contribution < 1.29 is 9.53 Å². The van der Waals surface area contributed by atoms with Crippen LogP contribution in [0.2, 0.25) is 0 Å². The van der Waals surface area contributed by atoms with Gasteiger partial charge in [0.05, 0.1) is 12.7 Å². The van der Waals surface area contributed by atoms with Crippen molar-refractivity contribution in [3.05, 3.63) is 29.8 Å². The summed E-state index contributed by atoms with van der Waals surface area (Å²) in [5.41, 5.74) is 1.28. The Morgan fingerprint density at radius 2 is 1.95 bits per heavy atom. The number of fused-ring (bicyclic) bond motifs is 2. The van der Waals surface area contributed by atoms with Crippen molar-refractivity contribution in [3.8, 4) is 5.75 Å². The average Bonchev–Trinajstić information content (AvgIpc) is 2.67. The first-order chi connectivity index (χ1) is 9.84. The fourth-order valence-electron chi connectivity index (χ4n) is 4.67. The van der Waals surface area contributed by atoms with Crippen LogP contribution in [0, 0.1) is 10.8 Å². The van der Waals surface area contributed by atoms with Crippen LogP contribution >= 0.6 is 0 Å². The SMILES string of the molecule is COc1ccccc1C(=O)N1C[C@]2(C)C[C@@H]1CC(C)(C)C2. The molecule has 2 fully saturated rings. The van der Waals surface area contributed by atoms with Gasteiger partial charge in [0.25, 0.3) is 5.91 Å². The highest BCUT2D eigenvalue weighted by atomic mass is 16.5. The molecule has 1 aromatic carbocycles. The molecule has 3 rings (SSSR count). The topological polar surface area (TPSA) is 29.5 Å². The Kier molecular flexibility index (Phi) is 3.27. The lowest BCUT2D eigenvalue weighted by molar-refractivity contribution is 0.0705. The van der Waals surface area contributed by atoms with E-state index in [1.807, 2.05) is 24.3 Å². The smallest absolute Gasteiger partial charge is 0.257 e. The second-order valence-corrected chi connectivity index (χ2v) is 7.85. The van der Waals surface area contributed by atoms with Crippen molar-refractivity contribution in [2.45, 2.75) is 46.1 Å². The van der Waals surface area contributed by atoms with E-state index in [-0.39, 0.29) is 11.3 Å². The van der Waals surface area contributed by atoms with E-state index in [1.54, 1.807) is 7.11 Å². The molecular weight excluding hydrogens is 262 g/mol. The van der Waals surface area contributed by atoms with Crippen LogP contribution in [0.15, 0.2) is 24.3 Å². The molecule has 0 radical (unpaired) electrons. The molecule has 1 aliphatic carbocycles. The average molecular weight is 287 g/mol. The maximum Gasteiger partial charge on any atom is 0.257 e. The summed E-state index contributed by atoms with van der Waals surface area (Å²) in [6, 6.07) is 7.92. The third-order valence-electron chi connectivity index (χ3n) is 5.01. The Hall–Kier alpha value is -1.51. The summed E-state index contributed by atoms with van der Waals surface area (Å²) >= 11 is 0. The molecular formula is C18H25NO2. The number of carbonyl (C=O) groups excluding carboxylic acids is 1. The molecule has 2 aliphatic rings. The van der Waals surface area contributed by atoms with Gasteiger partial charge in [-0.15, -0.1) is 0 Å². The molecule has 2 bridgehead atoms. The Morgan fingerprint density at radius 1 is 1.24 bits per heavy atom. The van der Waals surface area contributed by atoms with Crippen LogP contribution in [-0.4, -0.2) is 30.5 Å². The number of methoxy groups -OCH3 is 1. The van der Waals surface area contributed by atoms with Crippen LogP contribution in [0.3, 0.4) is 0 Å². The van der Waals surface area contributed by atoms with Crippen molar-refractivity contribution in [3.63, 3.8) is 0 Å². The van der Waals surface area contributed by atoms with Crippen LogP contribution in [0.5, 0.6) is 5.75 Å². The lowest BCUT2D eigenvalue weighted by Gasteiger charge is -2.39. The Bertz CT molecular complexity index is 566. The van der Waals surface area contributed by atoms with Crippen molar-refractivity contribution in [1.29, 1.82) is 0 Å². The second kappa shape index (κ2) is 4.75. The van der Waals surface area contributed by atoms with E-state index in [1.165, 1.54) is 6.42 Å². The van der Waals surface area contributed by atoms with E-state index in [0.717, 1.165) is 19.4 Å². The number of hydrogen-bond donors (Lipinski definition) is 0. The molecule has 1 saturated carbocycles. The molecule has 0 N–H and O–H groups in total. The standard InChI is InChI=1S/C18H25NO2/c1-17(2)9-13-10-18(3,11-17)12-19(13)16(20)14-7-5-6-8-15(14)21-4/h5-8,13H,9-12H2,1-4H3/t13-,18+/m0/s1. The Labute approximate surface area is 127 Å². The summed E-state index contributed by atoms with van der Waals surface area (Å²) in [6.07, 6.45) is 3.44. The predicted molar refractivity (Wildman–Crippen MR) is 83.6 cm³/mol. The highest BCUT2D eigenvalue weighted by Crippen LogP contribution is 2.52. The number of nitrogens with zero attached hydrogens (tertiary/aromatic N) is 1. The summed E-state index contributed by atoms with van der Waals surface area (Å²) in [5, 5.41) is 0. The van der Waals surface area contributed by atoms with Crippen LogP contribution in [0.4, 0.5) is 0 Å². The molecule has 2 atom stereocenters. The van der Waals surface area contributed by atoms with Crippen LogP contribution in [0.25, 0.3) is 0 Å².